The Bertz CT molecular complexity index is 299. The molecular weight excluding hydrogens is 169 g/mol. The molecule has 0 aromatic heterocycles. The smallest absolute Gasteiger partial charge is 0.124 e. The number of nitrogens with one attached hydrogen (secondary N) is 1. The Morgan fingerprint density at radius 1 is 1.46 bits per heavy atom. The van der Waals surface area contributed by atoms with Gasteiger partial charge in [0.1, 0.15) is 11.6 Å². The molecule has 13 heavy (non-hydrogen) atoms. The summed E-state index contributed by atoms with van der Waals surface area (Å²) in [5.41, 5.74) is 1.25. The molecule has 1 rings (SSSR count). The third-order valence-corrected chi connectivity index (χ3v) is 1.99. The summed E-state index contributed by atoms with van der Waals surface area (Å²) in [5.74, 6) is -0.0851. The summed E-state index contributed by atoms with van der Waals surface area (Å²) in [7, 11) is 1.82. The van der Waals surface area contributed by atoms with Crippen LogP contribution in [0.15, 0.2) is 12.1 Å². The maximum Gasteiger partial charge on any atom is 0.124 e. The molecule has 0 bridgehead atoms. The van der Waals surface area contributed by atoms with E-state index in [0.717, 1.165) is 6.54 Å². The lowest BCUT2D eigenvalue weighted by molar-refractivity contribution is 0.460. The average Bonchev–Trinajstić information content (AvgIpc) is 2.09. The lowest BCUT2D eigenvalue weighted by Gasteiger charge is -2.06. The van der Waals surface area contributed by atoms with E-state index in [0.29, 0.717) is 17.5 Å². The molecular formula is C10H14FNO. The Kier molecular flexibility index (Phi) is 3.25. The fourth-order valence-electron chi connectivity index (χ4n) is 1.26. The molecule has 2 N–H and O–H groups in total. The summed E-state index contributed by atoms with van der Waals surface area (Å²) in [4.78, 5) is 0. The number of benzene rings is 1. The maximum absolute atomic E-state index is 12.9. The molecule has 0 unspecified atom stereocenters. The summed E-state index contributed by atoms with van der Waals surface area (Å²) in [6, 6.07) is 2.71. The Balaban J connectivity index is 2.92. The van der Waals surface area contributed by atoms with Crippen LogP contribution in [0.5, 0.6) is 5.75 Å². The van der Waals surface area contributed by atoms with Crippen LogP contribution in [0, 0.1) is 12.7 Å². The van der Waals surface area contributed by atoms with Crippen molar-refractivity contribution in [3.8, 4) is 5.75 Å². The van der Waals surface area contributed by atoms with Crippen molar-refractivity contribution < 1.29 is 9.50 Å². The predicted molar refractivity (Wildman–Crippen MR) is 50.4 cm³/mol. The standard InChI is InChI=1S/C10H14FNO/c1-7-5-9(11)6-8(10(7)13)3-4-12-2/h5-6,12-13H,3-4H2,1-2H3. The molecule has 0 aliphatic heterocycles. The number of phenolic OH excluding ortho intramolecular Hbond substituents is 1. The first-order chi connectivity index (χ1) is 6.15. The first-order valence-corrected chi connectivity index (χ1v) is 4.27. The zero-order chi connectivity index (χ0) is 9.84. The van der Waals surface area contributed by atoms with Crippen molar-refractivity contribution >= 4 is 0 Å². The Morgan fingerprint density at radius 3 is 2.77 bits per heavy atom. The van der Waals surface area contributed by atoms with Gasteiger partial charge in [-0.2, -0.15) is 0 Å². The van der Waals surface area contributed by atoms with Gasteiger partial charge in [0.15, 0.2) is 0 Å². The van der Waals surface area contributed by atoms with Crippen molar-refractivity contribution in [2.45, 2.75) is 13.3 Å². The quantitative estimate of drug-likeness (QED) is 0.746. The van der Waals surface area contributed by atoms with E-state index in [4.69, 9.17) is 0 Å². The minimum Gasteiger partial charge on any atom is -0.507 e. The Hall–Kier alpha value is -1.09. The van der Waals surface area contributed by atoms with E-state index in [1.54, 1.807) is 6.92 Å². The summed E-state index contributed by atoms with van der Waals surface area (Å²) in [6.07, 6.45) is 0.640. The maximum atomic E-state index is 12.9. The van der Waals surface area contributed by atoms with Crippen LogP contribution in [0.3, 0.4) is 0 Å². The number of aromatic hydroxyl groups is 1. The first kappa shape index (κ1) is 9.99. The van der Waals surface area contributed by atoms with Crippen LogP contribution in [-0.2, 0) is 6.42 Å². The van der Waals surface area contributed by atoms with Gasteiger partial charge in [0, 0.05) is 0 Å². The molecule has 72 valence electrons. The fourth-order valence-corrected chi connectivity index (χ4v) is 1.26. The number of halogens is 1. The predicted octanol–water partition coefficient (Wildman–Crippen LogP) is 1.60. The molecule has 3 heteroatoms. The zero-order valence-corrected chi connectivity index (χ0v) is 7.89. The normalized spacial score (nSPS) is 10.4. The highest BCUT2D eigenvalue weighted by molar-refractivity contribution is 5.40. The second kappa shape index (κ2) is 4.23. The monoisotopic (exact) mass is 183 g/mol. The molecule has 1 aromatic rings. The van der Waals surface area contributed by atoms with Gasteiger partial charge in [0.25, 0.3) is 0 Å². The molecule has 0 atom stereocenters. The van der Waals surface area contributed by atoms with E-state index in [2.05, 4.69) is 5.32 Å². The van der Waals surface area contributed by atoms with Gasteiger partial charge >= 0.3 is 0 Å². The molecule has 0 heterocycles. The summed E-state index contributed by atoms with van der Waals surface area (Å²) < 4.78 is 12.9. The van der Waals surface area contributed by atoms with Gasteiger partial charge in [-0.15, -0.1) is 0 Å². The topological polar surface area (TPSA) is 32.3 Å². The van der Waals surface area contributed by atoms with Crippen molar-refractivity contribution in [2.24, 2.45) is 0 Å². The molecule has 0 saturated carbocycles. The molecule has 0 aliphatic rings. The van der Waals surface area contributed by atoms with E-state index >= 15 is 0 Å². The minimum atomic E-state index is -0.290. The summed E-state index contributed by atoms with van der Waals surface area (Å²) in [6.45, 7) is 2.43. The van der Waals surface area contributed by atoms with Gasteiger partial charge in [-0.05, 0) is 50.2 Å². The number of phenols is 1. The van der Waals surface area contributed by atoms with Crippen LogP contribution in [-0.4, -0.2) is 18.7 Å². The summed E-state index contributed by atoms with van der Waals surface area (Å²) >= 11 is 0. The number of hydrogen-bond donors (Lipinski definition) is 2. The highest BCUT2D eigenvalue weighted by Gasteiger charge is 2.05. The zero-order valence-electron chi connectivity index (χ0n) is 7.89. The van der Waals surface area contributed by atoms with E-state index in [-0.39, 0.29) is 11.6 Å². The lowest BCUT2D eigenvalue weighted by Crippen LogP contribution is -2.10. The van der Waals surface area contributed by atoms with E-state index in [1.807, 2.05) is 7.05 Å². The van der Waals surface area contributed by atoms with E-state index in [1.165, 1.54) is 12.1 Å². The number of aryl methyl sites for hydroxylation is 1. The third-order valence-electron chi connectivity index (χ3n) is 1.99. The molecule has 1 aromatic carbocycles. The van der Waals surface area contributed by atoms with Gasteiger partial charge in [-0.1, -0.05) is 0 Å². The van der Waals surface area contributed by atoms with Crippen molar-refractivity contribution in [1.29, 1.82) is 0 Å². The van der Waals surface area contributed by atoms with Crippen molar-refractivity contribution in [3.05, 3.63) is 29.1 Å². The van der Waals surface area contributed by atoms with Crippen LogP contribution in [0.4, 0.5) is 4.39 Å². The highest BCUT2D eigenvalue weighted by Crippen LogP contribution is 2.23. The van der Waals surface area contributed by atoms with Crippen molar-refractivity contribution in [2.75, 3.05) is 13.6 Å². The largest absolute Gasteiger partial charge is 0.507 e. The second-order valence-electron chi connectivity index (χ2n) is 3.08. The van der Waals surface area contributed by atoms with Gasteiger partial charge in [-0.25, -0.2) is 4.39 Å². The molecule has 0 spiro atoms. The van der Waals surface area contributed by atoms with Gasteiger partial charge in [0.2, 0.25) is 0 Å². The summed E-state index contributed by atoms with van der Waals surface area (Å²) in [5, 5.41) is 12.5. The van der Waals surface area contributed by atoms with Crippen LogP contribution >= 0.6 is 0 Å². The average molecular weight is 183 g/mol. The number of likely N-dealkylation sites (N-methyl/N-ethyl adjacent to an activating group) is 1. The highest BCUT2D eigenvalue weighted by atomic mass is 19.1. The molecule has 0 amide bonds. The lowest BCUT2D eigenvalue weighted by atomic mass is 10.1. The van der Waals surface area contributed by atoms with Crippen molar-refractivity contribution in [3.63, 3.8) is 0 Å². The fraction of sp³-hybridized carbons (Fsp3) is 0.400. The van der Waals surface area contributed by atoms with Crippen molar-refractivity contribution in [1.82, 2.24) is 5.32 Å². The second-order valence-corrected chi connectivity index (χ2v) is 3.08. The SMILES string of the molecule is CNCCc1cc(F)cc(C)c1O. The molecule has 0 saturated heterocycles. The van der Waals surface area contributed by atoms with Crippen LogP contribution in [0.25, 0.3) is 0 Å². The van der Waals surface area contributed by atoms with Gasteiger partial charge in [-0.3, -0.25) is 0 Å². The van der Waals surface area contributed by atoms with E-state index < -0.39 is 0 Å². The first-order valence-electron chi connectivity index (χ1n) is 4.27. The van der Waals surface area contributed by atoms with Crippen LogP contribution in [0.1, 0.15) is 11.1 Å². The number of rotatable bonds is 3. The minimum absolute atomic E-state index is 0.205. The van der Waals surface area contributed by atoms with Gasteiger partial charge < -0.3 is 10.4 Å². The molecule has 0 aliphatic carbocycles. The van der Waals surface area contributed by atoms with Crippen LogP contribution in [0.2, 0.25) is 0 Å². The Morgan fingerprint density at radius 2 is 2.15 bits per heavy atom. The molecule has 2 nitrogen and oxygen atoms in total. The van der Waals surface area contributed by atoms with Gasteiger partial charge in [0.05, 0.1) is 0 Å². The van der Waals surface area contributed by atoms with E-state index in [9.17, 15) is 9.50 Å². The van der Waals surface area contributed by atoms with Crippen LogP contribution < -0.4 is 5.32 Å². The number of hydrogen-bond acceptors (Lipinski definition) is 2. The Labute approximate surface area is 77.4 Å². The molecule has 0 fully saturated rings. The molecule has 0 radical (unpaired) electrons. The third kappa shape index (κ3) is 2.42.